The number of hydrogen-bond donors (Lipinski definition) is 1. The monoisotopic (exact) mass is 288 g/mol. The summed E-state index contributed by atoms with van der Waals surface area (Å²) in [6.07, 6.45) is 8.15. The summed E-state index contributed by atoms with van der Waals surface area (Å²) in [4.78, 5) is 2.72. The number of halogens is 1. The molecular weight excluding hydrogens is 263 g/mol. The Morgan fingerprint density at radius 2 is 1.86 bits per heavy atom. The van der Waals surface area contributed by atoms with Crippen molar-refractivity contribution in [3.63, 3.8) is 0 Å². The molecule has 0 aromatic heterocycles. The molecule has 1 spiro atoms. The Labute approximate surface area is 126 Å². The second kappa shape index (κ2) is 5.36. The molecule has 2 saturated carbocycles. The van der Waals surface area contributed by atoms with Crippen LogP contribution in [0.1, 0.15) is 44.1 Å². The van der Waals surface area contributed by atoms with E-state index >= 15 is 0 Å². The van der Waals surface area contributed by atoms with Gasteiger partial charge in [-0.05, 0) is 49.3 Å². The maximum absolute atomic E-state index is 13.1. The highest BCUT2D eigenvalue weighted by Gasteiger charge is 2.46. The van der Waals surface area contributed by atoms with Crippen LogP contribution in [0, 0.1) is 11.7 Å². The quantitative estimate of drug-likeness (QED) is 0.918. The van der Waals surface area contributed by atoms with Gasteiger partial charge in [-0.25, -0.2) is 4.39 Å². The number of piperazine rings is 1. The van der Waals surface area contributed by atoms with Gasteiger partial charge in [0.15, 0.2) is 0 Å². The third-order valence-electron chi connectivity index (χ3n) is 5.79. The zero-order valence-corrected chi connectivity index (χ0v) is 12.7. The van der Waals surface area contributed by atoms with E-state index in [-0.39, 0.29) is 5.82 Å². The van der Waals surface area contributed by atoms with Crippen molar-refractivity contribution in [3.8, 4) is 0 Å². The van der Waals surface area contributed by atoms with Crippen LogP contribution in [0.3, 0.4) is 0 Å². The van der Waals surface area contributed by atoms with Crippen molar-refractivity contribution >= 4 is 0 Å². The molecule has 2 aliphatic carbocycles. The summed E-state index contributed by atoms with van der Waals surface area (Å²) in [6.45, 7) is 3.29. The average molecular weight is 288 g/mol. The van der Waals surface area contributed by atoms with Gasteiger partial charge in [-0.1, -0.05) is 25.0 Å². The minimum atomic E-state index is -0.134. The number of nitrogens with zero attached hydrogens (tertiary/aromatic N) is 1. The van der Waals surface area contributed by atoms with Gasteiger partial charge >= 0.3 is 0 Å². The Bertz CT molecular complexity index is 488. The van der Waals surface area contributed by atoms with Crippen LogP contribution in [-0.4, -0.2) is 29.6 Å². The van der Waals surface area contributed by atoms with Crippen molar-refractivity contribution in [3.05, 3.63) is 35.6 Å². The molecule has 114 valence electrons. The van der Waals surface area contributed by atoms with Gasteiger partial charge in [-0.2, -0.15) is 0 Å². The lowest BCUT2D eigenvalue weighted by atomic mass is 9.89. The fourth-order valence-corrected chi connectivity index (χ4v) is 4.31. The molecule has 1 N–H and O–H groups in total. The van der Waals surface area contributed by atoms with Gasteiger partial charge in [0.2, 0.25) is 0 Å². The van der Waals surface area contributed by atoms with Gasteiger partial charge < -0.3 is 5.32 Å². The first-order chi connectivity index (χ1) is 10.3. The van der Waals surface area contributed by atoms with E-state index in [9.17, 15) is 4.39 Å². The molecule has 0 amide bonds. The Hall–Kier alpha value is -0.930. The van der Waals surface area contributed by atoms with E-state index in [2.05, 4.69) is 10.2 Å². The predicted octanol–water partition coefficient (Wildman–Crippen LogP) is 3.32. The molecule has 3 aliphatic rings. The number of hydrogen-bond acceptors (Lipinski definition) is 2. The first-order valence-electron chi connectivity index (χ1n) is 8.48. The van der Waals surface area contributed by atoms with E-state index in [1.54, 1.807) is 12.1 Å². The topological polar surface area (TPSA) is 15.3 Å². The highest BCUT2D eigenvalue weighted by molar-refractivity contribution is 5.17. The van der Waals surface area contributed by atoms with Crippen molar-refractivity contribution in [2.45, 2.75) is 56.7 Å². The minimum absolute atomic E-state index is 0.134. The van der Waals surface area contributed by atoms with Crippen molar-refractivity contribution in [1.82, 2.24) is 10.2 Å². The standard InChI is InChI=1S/C18H25FN2/c19-16-7-3-14(4-8-16)11-21-12-17(15-5-6-15)20-13-18(21)9-1-2-10-18/h3-4,7-8,15,17,20H,1-2,5-6,9-13H2. The fraction of sp³-hybridized carbons (Fsp3) is 0.667. The lowest BCUT2D eigenvalue weighted by Crippen LogP contribution is -2.63. The molecule has 1 aliphatic heterocycles. The summed E-state index contributed by atoms with van der Waals surface area (Å²) < 4.78 is 13.1. The van der Waals surface area contributed by atoms with Crippen LogP contribution in [0.15, 0.2) is 24.3 Å². The zero-order chi connectivity index (χ0) is 14.3. The number of nitrogens with one attached hydrogen (secondary N) is 1. The van der Waals surface area contributed by atoms with Crippen LogP contribution in [0.5, 0.6) is 0 Å². The highest BCUT2D eigenvalue weighted by atomic mass is 19.1. The molecule has 1 aromatic carbocycles. The first-order valence-corrected chi connectivity index (χ1v) is 8.48. The van der Waals surface area contributed by atoms with E-state index < -0.39 is 0 Å². The molecule has 3 fully saturated rings. The molecular formula is C18H25FN2. The smallest absolute Gasteiger partial charge is 0.123 e. The highest BCUT2D eigenvalue weighted by Crippen LogP contribution is 2.41. The summed E-state index contributed by atoms with van der Waals surface area (Å²) in [6, 6.07) is 7.77. The number of rotatable bonds is 3. The van der Waals surface area contributed by atoms with Gasteiger partial charge in [-0.15, -0.1) is 0 Å². The summed E-state index contributed by atoms with van der Waals surface area (Å²) >= 11 is 0. The van der Waals surface area contributed by atoms with Crippen molar-refractivity contribution in [2.75, 3.05) is 13.1 Å². The number of benzene rings is 1. The van der Waals surface area contributed by atoms with E-state index in [4.69, 9.17) is 0 Å². The summed E-state index contributed by atoms with van der Waals surface area (Å²) in [5.74, 6) is 0.768. The van der Waals surface area contributed by atoms with Gasteiger partial charge in [0, 0.05) is 31.2 Å². The van der Waals surface area contributed by atoms with E-state index in [1.807, 2.05) is 12.1 Å². The molecule has 4 rings (SSSR count). The van der Waals surface area contributed by atoms with E-state index in [0.717, 1.165) is 19.0 Å². The Morgan fingerprint density at radius 1 is 1.14 bits per heavy atom. The average Bonchev–Trinajstić information content (AvgIpc) is 3.24. The molecule has 1 heterocycles. The Kier molecular flexibility index (Phi) is 3.50. The Morgan fingerprint density at radius 3 is 2.52 bits per heavy atom. The van der Waals surface area contributed by atoms with Crippen molar-refractivity contribution in [2.24, 2.45) is 5.92 Å². The molecule has 0 radical (unpaired) electrons. The molecule has 1 unspecified atom stereocenters. The van der Waals surface area contributed by atoms with E-state index in [0.29, 0.717) is 11.6 Å². The summed E-state index contributed by atoms with van der Waals surface area (Å²) in [5.41, 5.74) is 1.61. The van der Waals surface area contributed by atoms with Crippen LogP contribution in [-0.2, 0) is 6.54 Å². The van der Waals surface area contributed by atoms with Crippen molar-refractivity contribution in [1.29, 1.82) is 0 Å². The first kappa shape index (κ1) is 13.7. The summed E-state index contributed by atoms with van der Waals surface area (Å²) in [5, 5.41) is 3.84. The van der Waals surface area contributed by atoms with Crippen LogP contribution >= 0.6 is 0 Å². The summed E-state index contributed by atoms with van der Waals surface area (Å²) in [7, 11) is 0. The third-order valence-corrected chi connectivity index (χ3v) is 5.79. The molecule has 21 heavy (non-hydrogen) atoms. The predicted molar refractivity (Wildman–Crippen MR) is 82.5 cm³/mol. The van der Waals surface area contributed by atoms with Crippen LogP contribution < -0.4 is 5.32 Å². The largest absolute Gasteiger partial charge is 0.311 e. The molecule has 1 aromatic rings. The van der Waals surface area contributed by atoms with E-state index in [1.165, 1.54) is 50.6 Å². The molecule has 1 atom stereocenters. The second-order valence-corrected chi connectivity index (χ2v) is 7.26. The zero-order valence-electron chi connectivity index (χ0n) is 12.7. The molecule has 2 nitrogen and oxygen atoms in total. The molecule has 1 saturated heterocycles. The maximum Gasteiger partial charge on any atom is 0.123 e. The fourth-order valence-electron chi connectivity index (χ4n) is 4.31. The van der Waals surface area contributed by atoms with Crippen molar-refractivity contribution < 1.29 is 4.39 Å². The van der Waals surface area contributed by atoms with Crippen LogP contribution in [0.2, 0.25) is 0 Å². The van der Waals surface area contributed by atoms with Crippen LogP contribution in [0.25, 0.3) is 0 Å². The van der Waals surface area contributed by atoms with Crippen LogP contribution in [0.4, 0.5) is 4.39 Å². The maximum atomic E-state index is 13.1. The van der Waals surface area contributed by atoms with Gasteiger partial charge in [0.05, 0.1) is 0 Å². The third kappa shape index (κ3) is 2.74. The lowest BCUT2D eigenvalue weighted by molar-refractivity contribution is 0.0311. The SMILES string of the molecule is Fc1ccc(CN2CC(C3CC3)NCC23CCCC3)cc1. The van der Waals surface area contributed by atoms with Gasteiger partial charge in [-0.3, -0.25) is 4.90 Å². The second-order valence-electron chi connectivity index (χ2n) is 7.26. The normalized spacial score (nSPS) is 29.1. The van der Waals surface area contributed by atoms with Gasteiger partial charge in [0.25, 0.3) is 0 Å². The Balaban J connectivity index is 1.53. The molecule has 0 bridgehead atoms. The van der Waals surface area contributed by atoms with Gasteiger partial charge in [0.1, 0.15) is 5.82 Å². The molecule has 3 heteroatoms. The lowest BCUT2D eigenvalue weighted by Gasteiger charge is -2.48. The minimum Gasteiger partial charge on any atom is -0.311 e.